The van der Waals surface area contributed by atoms with Crippen molar-refractivity contribution in [2.45, 2.75) is 26.3 Å². The zero-order valence-electron chi connectivity index (χ0n) is 10.3. The Morgan fingerprint density at radius 1 is 1.29 bits per heavy atom. The average Bonchev–Trinajstić information content (AvgIpc) is 2.28. The van der Waals surface area contributed by atoms with Gasteiger partial charge in [-0.2, -0.15) is 0 Å². The topological polar surface area (TPSA) is 78.3 Å². The maximum atomic E-state index is 10.5. The van der Waals surface area contributed by atoms with Gasteiger partial charge in [0.05, 0.1) is 0 Å². The van der Waals surface area contributed by atoms with Crippen LogP contribution < -0.4 is 16.2 Å². The third-order valence-corrected chi connectivity index (χ3v) is 2.63. The largest absolute Gasteiger partial charge is 0.484 e. The number of rotatable bonds is 6. The molecular formula is C13H20N2O2. The van der Waals surface area contributed by atoms with Crippen LogP contribution in [-0.2, 0) is 11.2 Å². The highest BCUT2D eigenvalue weighted by atomic mass is 16.5. The molecule has 94 valence electrons. The summed E-state index contributed by atoms with van der Waals surface area (Å²) in [5, 5.41) is 0. The number of ether oxygens (including phenoxy) is 1. The maximum absolute atomic E-state index is 10.5. The zero-order chi connectivity index (χ0) is 12.8. The molecule has 4 heteroatoms. The number of hydrogen-bond acceptors (Lipinski definition) is 3. The van der Waals surface area contributed by atoms with E-state index in [9.17, 15) is 4.79 Å². The van der Waals surface area contributed by atoms with Crippen molar-refractivity contribution < 1.29 is 9.53 Å². The number of primary amides is 1. The van der Waals surface area contributed by atoms with E-state index in [1.165, 1.54) is 0 Å². The number of carbonyl (C=O) groups is 1. The van der Waals surface area contributed by atoms with E-state index in [1.54, 1.807) is 0 Å². The summed E-state index contributed by atoms with van der Waals surface area (Å²) in [5.41, 5.74) is 12.1. The van der Waals surface area contributed by atoms with Gasteiger partial charge < -0.3 is 16.2 Å². The quantitative estimate of drug-likeness (QED) is 0.775. The molecule has 0 heterocycles. The highest BCUT2D eigenvalue weighted by molar-refractivity contribution is 5.75. The van der Waals surface area contributed by atoms with E-state index >= 15 is 0 Å². The van der Waals surface area contributed by atoms with Crippen LogP contribution in [0.25, 0.3) is 0 Å². The van der Waals surface area contributed by atoms with E-state index in [0.717, 1.165) is 12.0 Å². The normalized spacial score (nSPS) is 12.5. The summed E-state index contributed by atoms with van der Waals surface area (Å²) < 4.78 is 5.17. The second-order valence-electron chi connectivity index (χ2n) is 4.51. The van der Waals surface area contributed by atoms with Gasteiger partial charge in [-0.3, -0.25) is 4.79 Å². The van der Waals surface area contributed by atoms with Crippen LogP contribution in [0.3, 0.4) is 0 Å². The first-order valence-electron chi connectivity index (χ1n) is 5.74. The van der Waals surface area contributed by atoms with E-state index in [0.29, 0.717) is 11.7 Å². The van der Waals surface area contributed by atoms with E-state index in [4.69, 9.17) is 16.2 Å². The Labute approximate surface area is 102 Å². The van der Waals surface area contributed by atoms with Crippen molar-refractivity contribution in [2.24, 2.45) is 17.4 Å². The van der Waals surface area contributed by atoms with Gasteiger partial charge in [0.15, 0.2) is 6.61 Å². The standard InChI is InChI=1S/C13H20N2O2/c1-9(2)12(14)7-10-3-5-11(6-4-10)17-8-13(15)16/h3-6,9,12H,7-8,14H2,1-2H3,(H2,15,16). The fourth-order valence-corrected chi connectivity index (χ4v) is 1.38. The molecule has 1 unspecified atom stereocenters. The van der Waals surface area contributed by atoms with Crippen LogP contribution in [0.2, 0.25) is 0 Å². The SMILES string of the molecule is CC(C)C(N)Cc1ccc(OCC(N)=O)cc1. The van der Waals surface area contributed by atoms with Crippen molar-refractivity contribution in [3.8, 4) is 5.75 Å². The molecule has 17 heavy (non-hydrogen) atoms. The fourth-order valence-electron chi connectivity index (χ4n) is 1.38. The van der Waals surface area contributed by atoms with Crippen molar-refractivity contribution in [3.05, 3.63) is 29.8 Å². The molecule has 1 aromatic carbocycles. The summed E-state index contributed by atoms with van der Waals surface area (Å²) in [7, 11) is 0. The van der Waals surface area contributed by atoms with Gasteiger partial charge in [0.2, 0.25) is 0 Å². The van der Waals surface area contributed by atoms with Crippen LogP contribution in [0.15, 0.2) is 24.3 Å². The predicted octanol–water partition coefficient (Wildman–Crippen LogP) is 1.08. The van der Waals surface area contributed by atoms with Gasteiger partial charge >= 0.3 is 0 Å². The molecule has 0 aliphatic heterocycles. The molecule has 4 nitrogen and oxygen atoms in total. The Kier molecular flexibility index (Phi) is 4.97. The monoisotopic (exact) mass is 236 g/mol. The number of hydrogen-bond donors (Lipinski definition) is 2. The van der Waals surface area contributed by atoms with Crippen LogP contribution >= 0.6 is 0 Å². The van der Waals surface area contributed by atoms with Gasteiger partial charge in [0, 0.05) is 6.04 Å². The fraction of sp³-hybridized carbons (Fsp3) is 0.462. The minimum atomic E-state index is -0.476. The van der Waals surface area contributed by atoms with Gasteiger partial charge in [-0.1, -0.05) is 26.0 Å². The molecule has 1 atom stereocenters. The molecule has 0 aromatic heterocycles. The Morgan fingerprint density at radius 3 is 2.35 bits per heavy atom. The van der Waals surface area contributed by atoms with Gasteiger partial charge in [0.1, 0.15) is 5.75 Å². The first-order valence-corrected chi connectivity index (χ1v) is 5.74. The zero-order valence-corrected chi connectivity index (χ0v) is 10.3. The molecule has 0 radical (unpaired) electrons. The van der Waals surface area contributed by atoms with Crippen molar-refractivity contribution in [3.63, 3.8) is 0 Å². The molecule has 0 spiro atoms. The summed E-state index contributed by atoms with van der Waals surface area (Å²) in [6, 6.07) is 7.72. The summed E-state index contributed by atoms with van der Waals surface area (Å²) in [4.78, 5) is 10.5. The Bertz CT molecular complexity index is 360. The van der Waals surface area contributed by atoms with Crippen molar-refractivity contribution in [1.82, 2.24) is 0 Å². The summed E-state index contributed by atoms with van der Waals surface area (Å²) in [5.74, 6) is 0.627. The highest BCUT2D eigenvalue weighted by Gasteiger charge is 2.08. The molecule has 1 rings (SSSR count). The first-order chi connectivity index (χ1) is 7.99. The number of benzene rings is 1. The van der Waals surface area contributed by atoms with E-state index < -0.39 is 5.91 Å². The molecule has 4 N–H and O–H groups in total. The minimum absolute atomic E-state index is 0.0924. The van der Waals surface area contributed by atoms with E-state index in [1.807, 2.05) is 24.3 Å². The lowest BCUT2D eigenvalue weighted by molar-refractivity contribution is -0.119. The number of carbonyl (C=O) groups excluding carboxylic acids is 1. The Balaban J connectivity index is 2.53. The number of nitrogens with two attached hydrogens (primary N) is 2. The van der Waals surface area contributed by atoms with Crippen molar-refractivity contribution >= 4 is 5.91 Å². The van der Waals surface area contributed by atoms with Crippen molar-refractivity contribution in [2.75, 3.05) is 6.61 Å². The Hall–Kier alpha value is -1.55. The van der Waals surface area contributed by atoms with Crippen LogP contribution in [0, 0.1) is 5.92 Å². The average molecular weight is 236 g/mol. The predicted molar refractivity (Wildman–Crippen MR) is 67.6 cm³/mol. The molecular weight excluding hydrogens is 216 g/mol. The second-order valence-corrected chi connectivity index (χ2v) is 4.51. The van der Waals surface area contributed by atoms with Crippen molar-refractivity contribution in [1.29, 1.82) is 0 Å². The Morgan fingerprint density at radius 2 is 1.88 bits per heavy atom. The summed E-state index contributed by atoms with van der Waals surface area (Å²) in [6.07, 6.45) is 0.841. The second kappa shape index (κ2) is 6.25. The van der Waals surface area contributed by atoms with Crippen LogP contribution in [0.4, 0.5) is 0 Å². The van der Waals surface area contributed by atoms with Gasteiger partial charge in [-0.15, -0.1) is 0 Å². The lowest BCUT2D eigenvalue weighted by Crippen LogP contribution is -2.28. The molecule has 0 saturated carbocycles. The molecule has 1 aromatic rings. The van der Waals surface area contributed by atoms with Crippen LogP contribution in [0.1, 0.15) is 19.4 Å². The molecule has 0 fully saturated rings. The van der Waals surface area contributed by atoms with Gasteiger partial charge in [-0.05, 0) is 30.0 Å². The van der Waals surface area contributed by atoms with Crippen LogP contribution in [-0.4, -0.2) is 18.6 Å². The molecule has 0 aliphatic carbocycles. The third-order valence-electron chi connectivity index (χ3n) is 2.63. The number of amides is 1. The van der Waals surface area contributed by atoms with E-state index in [-0.39, 0.29) is 12.6 Å². The lowest BCUT2D eigenvalue weighted by Gasteiger charge is -2.15. The smallest absolute Gasteiger partial charge is 0.255 e. The van der Waals surface area contributed by atoms with Gasteiger partial charge in [0.25, 0.3) is 5.91 Å². The molecule has 1 amide bonds. The minimum Gasteiger partial charge on any atom is -0.484 e. The maximum Gasteiger partial charge on any atom is 0.255 e. The molecule has 0 saturated heterocycles. The summed E-state index contributed by atoms with van der Waals surface area (Å²) >= 11 is 0. The summed E-state index contributed by atoms with van der Waals surface area (Å²) in [6.45, 7) is 4.12. The van der Waals surface area contributed by atoms with E-state index in [2.05, 4.69) is 13.8 Å². The third kappa shape index (κ3) is 4.87. The van der Waals surface area contributed by atoms with Gasteiger partial charge in [-0.25, -0.2) is 0 Å². The first kappa shape index (κ1) is 13.5. The molecule has 0 aliphatic rings. The lowest BCUT2D eigenvalue weighted by atomic mass is 9.97. The molecule has 0 bridgehead atoms. The van der Waals surface area contributed by atoms with Crippen LogP contribution in [0.5, 0.6) is 5.75 Å². The highest BCUT2D eigenvalue weighted by Crippen LogP contribution is 2.14.